The van der Waals surface area contributed by atoms with Crippen molar-refractivity contribution in [3.05, 3.63) is 117 Å². The van der Waals surface area contributed by atoms with Gasteiger partial charge in [0.05, 0.1) is 45.3 Å². The maximum Gasteiger partial charge on any atom is 3.00 e. The average Bonchev–Trinajstić information content (AvgIpc) is 3.29. The molecule has 4 aliphatic rings. The monoisotopic (exact) mass is 1090 g/mol. The molecule has 2 fully saturated rings. The van der Waals surface area contributed by atoms with E-state index >= 15 is 0 Å². The molecule has 2 aromatic carbocycles. The van der Waals surface area contributed by atoms with E-state index in [1.54, 1.807) is 21.5 Å². The smallest absolute Gasteiger partial charge is 0.487 e. The summed E-state index contributed by atoms with van der Waals surface area (Å²) in [5, 5.41) is 18.7. The number of ether oxygens (including phenoxy) is 2. The van der Waals surface area contributed by atoms with Gasteiger partial charge in [-0.1, -0.05) is 12.1 Å². The summed E-state index contributed by atoms with van der Waals surface area (Å²) in [5.74, 6) is -3.09. The van der Waals surface area contributed by atoms with Crippen LogP contribution in [0.5, 0.6) is 11.5 Å². The number of aromatic carboxylic acids is 2. The standard InChI is InChI=1S/2C18H20FN3O4.C10H8N2.Bi/c2*1-10-9-26-17-14-11(16(23)12(18(24)25)8-22(10)14)7-13(19)15(17)21-5-3-20(2)4-6-21;1-3-7-11-9(5-1)10-6-2-4-8-12-10;/h2*7-8,10H,3-6,9H2,1-2H3,(H,24,25);1-8H;/q;;;+3. The zero-order chi connectivity index (χ0) is 45.4. The number of halogens is 2. The summed E-state index contributed by atoms with van der Waals surface area (Å²) in [6, 6.07) is 13.6. The van der Waals surface area contributed by atoms with E-state index in [0.29, 0.717) is 60.1 Å². The minimum atomic E-state index is -1.32. The van der Waals surface area contributed by atoms with Crippen LogP contribution in [0, 0.1) is 11.6 Å². The number of pyridine rings is 4. The Kier molecular flexibility index (Phi) is 14.2. The van der Waals surface area contributed by atoms with E-state index in [2.05, 4.69) is 19.8 Å². The quantitative estimate of drug-likeness (QED) is 0.224. The van der Waals surface area contributed by atoms with Crippen LogP contribution < -0.4 is 30.1 Å². The first-order valence-corrected chi connectivity index (χ1v) is 21.0. The molecule has 2 saturated heterocycles. The zero-order valence-corrected chi connectivity index (χ0v) is 39.8. The number of benzene rings is 2. The van der Waals surface area contributed by atoms with Crippen LogP contribution >= 0.6 is 0 Å². The number of nitrogens with zero attached hydrogens (tertiary/aromatic N) is 8. The molecule has 0 amide bonds. The first-order chi connectivity index (χ1) is 30.7. The molecule has 4 aliphatic heterocycles. The van der Waals surface area contributed by atoms with Gasteiger partial charge in [0.15, 0.2) is 23.1 Å². The van der Waals surface area contributed by atoms with Crippen LogP contribution in [-0.4, -0.2) is 157 Å². The number of likely N-dealkylation sites (N-methyl/N-ethyl adjacent to an activating group) is 2. The summed E-state index contributed by atoms with van der Waals surface area (Å²) < 4.78 is 45.1. The minimum absolute atomic E-state index is 0. The normalized spacial score (nSPS) is 18.0. The van der Waals surface area contributed by atoms with Crippen molar-refractivity contribution in [2.45, 2.75) is 25.9 Å². The van der Waals surface area contributed by atoms with Crippen LogP contribution in [-0.2, 0) is 0 Å². The Morgan fingerprint density at radius 3 is 1.32 bits per heavy atom. The van der Waals surface area contributed by atoms with Gasteiger partial charge < -0.3 is 48.4 Å². The van der Waals surface area contributed by atoms with Gasteiger partial charge in [-0.05, 0) is 64.3 Å². The summed E-state index contributed by atoms with van der Waals surface area (Å²) in [7, 11) is 4.03. The van der Waals surface area contributed by atoms with E-state index in [4.69, 9.17) is 9.47 Å². The van der Waals surface area contributed by atoms with Gasteiger partial charge in [0.1, 0.15) is 35.7 Å². The molecule has 6 aromatic rings. The second kappa shape index (κ2) is 19.6. The molecule has 19 heteroatoms. The number of rotatable bonds is 5. The number of hydrogen-bond acceptors (Lipinski definition) is 12. The molecule has 16 nitrogen and oxygen atoms in total. The van der Waals surface area contributed by atoms with Gasteiger partial charge in [0, 0.05) is 77.1 Å². The van der Waals surface area contributed by atoms with Crippen molar-refractivity contribution in [2.24, 2.45) is 0 Å². The number of hydrogen-bond donors (Lipinski definition) is 2. The van der Waals surface area contributed by atoms with Gasteiger partial charge in [-0.15, -0.1) is 0 Å². The number of piperazine rings is 2. The van der Waals surface area contributed by atoms with E-state index in [0.717, 1.165) is 49.7 Å². The molecule has 8 heterocycles. The molecule has 2 unspecified atom stereocenters. The third kappa shape index (κ3) is 9.27. The molecule has 0 aliphatic carbocycles. The molecule has 2 radical (unpaired) electrons. The molecule has 2 atom stereocenters. The SMILES string of the molecule is CC1COc2c(N3CCN(C)CC3)c(F)cc3c(=O)c(C(=O)O)cn1c23.CC1COc2c(N3CCN(C)CC3)c(F)cc3c(=O)c(C(=O)O)cn1c23.[Bi+3].c1ccc(-c2ccccn2)nc1. The molecular weight excluding hydrogens is 1040 g/mol. The summed E-state index contributed by atoms with van der Waals surface area (Å²) in [5.41, 5.74) is 1.38. The molecule has 336 valence electrons. The molecule has 4 aromatic heterocycles. The molecule has 65 heavy (non-hydrogen) atoms. The third-order valence-corrected chi connectivity index (χ3v) is 12.0. The van der Waals surface area contributed by atoms with Crippen molar-refractivity contribution in [2.75, 3.05) is 89.5 Å². The second-order valence-corrected chi connectivity index (χ2v) is 16.4. The second-order valence-electron chi connectivity index (χ2n) is 16.4. The fraction of sp³-hybridized carbons (Fsp3) is 0.348. The van der Waals surface area contributed by atoms with Crippen molar-refractivity contribution >= 4 is 71.3 Å². The van der Waals surface area contributed by atoms with Crippen molar-refractivity contribution in [3.63, 3.8) is 0 Å². The summed E-state index contributed by atoms with van der Waals surface area (Å²) in [6.45, 7) is 10.2. The van der Waals surface area contributed by atoms with Crippen LogP contribution in [0.1, 0.15) is 46.6 Å². The summed E-state index contributed by atoms with van der Waals surface area (Å²) in [6.07, 6.45) is 6.22. The zero-order valence-electron chi connectivity index (χ0n) is 36.3. The first kappa shape index (κ1) is 46.9. The van der Waals surface area contributed by atoms with Gasteiger partial charge in [-0.25, -0.2) is 18.4 Å². The molecule has 0 spiro atoms. The predicted molar refractivity (Wildman–Crippen MR) is 243 cm³/mol. The Bertz CT molecular complexity index is 2680. The number of anilines is 2. The minimum Gasteiger partial charge on any atom is -0.487 e. The average molecular weight is 1090 g/mol. The van der Waals surface area contributed by atoms with Crippen LogP contribution in [0.4, 0.5) is 20.2 Å². The Morgan fingerprint density at radius 2 is 1.00 bits per heavy atom. The Labute approximate surface area is 391 Å². The number of aromatic nitrogens is 4. The molecule has 0 bridgehead atoms. The first-order valence-electron chi connectivity index (χ1n) is 21.0. The van der Waals surface area contributed by atoms with Crippen LogP contribution in [0.3, 0.4) is 0 Å². The van der Waals surface area contributed by atoms with Gasteiger partial charge in [0.2, 0.25) is 10.9 Å². The van der Waals surface area contributed by atoms with E-state index < -0.39 is 34.4 Å². The fourth-order valence-corrected chi connectivity index (χ4v) is 8.41. The van der Waals surface area contributed by atoms with Crippen LogP contribution in [0.25, 0.3) is 33.2 Å². The number of carboxylic acids is 2. The summed E-state index contributed by atoms with van der Waals surface area (Å²) in [4.78, 5) is 64.5. The van der Waals surface area contributed by atoms with E-state index in [1.807, 2.05) is 74.1 Å². The van der Waals surface area contributed by atoms with Gasteiger partial charge in [-0.3, -0.25) is 19.6 Å². The van der Waals surface area contributed by atoms with Gasteiger partial charge in [-0.2, -0.15) is 0 Å². The van der Waals surface area contributed by atoms with E-state index in [9.17, 15) is 38.2 Å². The topological polar surface area (TPSA) is 176 Å². The third-order valence-electron chi connectivity index (χ3n) is 12.0. The number of carboxylic acid groups (broad SMARTS) is 2. The fourth-order valence-electron chi connectivity index (χ4n) is 8.41. The molecule has 10 rings (SSSR count). The van der Waals surface area contributed by atoms with Crippen LogP contribution in [0.2, 0.25) is 0 Å². The van der Waals surface area contributed by atoms with E-state index in [1.165, 1.54) is 12.4 Å². The van der Waals surface area contributed by atoms with Gasteiger partial charge >= 0.3 is 38.1 Å². The largest absolute Gasteiger partial charge is 3.00 e. The summed E-state index contributed by atoms with van der Waals surface area (Å²) >= 11 is 0. The molecule has 0 saturated carbocycles. The van der Waals surface area contributed by atoms with Crippen molar-refractivity contribution < 1.29 is 38.1 Å². The molecular formula is C46H48BiF2N8O8+3. The Morgan fingerprint density at radius 1 is 0.631 bits per heavy atom. The van der Waals surface area contributed by atoms with Crippen molar-refractivity contribution in [1.29, 1.82) is 0 Å². The maximum absolute atomic E-state index is 15.0. The van der Waals surface area contributed by atoms with Crippen molar-refractivity contribution in [1.82, 2.24) is 28.9 Å². The van der Waals surface area contributed by atoms with Crippen molar-refractivity contribution in [3.8, 4) is 22.9 Å². The Balaban J connectivity index is 0.000000154. The predicted octanol–water partition coefficient (Wildman–Crippen LogP) is 4.85. The maximum atomic E-state index is 15.0. The van der Waals surface area contributed by atoms with E-state index in [-0.39, 0.29) is 73.4 Å². The van der Waals surface area contributed by atoms with Crippen LogP contribution in [0.15, 0.2) is 82.9 Å². The molecule has 2 N–H and O–H groups in total. The Hall–Kier alpha value is -6.04. The van der Waals surface area contributed by atoms with Gasteiger partial charge in [0.25, 0.3) is 0 Å². The number of carbonyl (C=O) groups is 2.